The van der Waals surface area contributed by atoms with Gasteiger partial charge >= 0.3 is 0 Å². The van der Waals surface area contributed by atoms with Crippen molar-refractivity contribution in [2.75, 3.05) is 5.75 Å². The van der Waals surface area contributed by atoms with Crippen molar-refractivity contribution in [3.63, 3.8) is 0 Å². The Bertz CT molecular complexity index is 814. The predicted octanol–water partition coefficient (Wildman–Crippen LogP) is 5.41. The van der Waals surface area contributed by atoms with Gasteiger partial charge in [0, 0.05) is 11.9 Å². The molecule has 0 amide bonds. The molecular weight excluding hydrogens is 344 g/mol. The van der Waals surface area contributed by atoms with Crippen LogP contribution in [0.5, 0.6) is 0 Å². The molecule has 3 rings (SSSR count). The van der Waals surface area contributed by atoms with Crippen LogP contribution in [0.15, 0.2) is 28.0 Å². The molecule has 0 unspecified atom stereocenters. The number of aromatic nitrogens is 4. The van der Waals surface area contributed by atoms with Gasteiger partial charge in [-0.25, -0.2) is 4.98 Å². The second-order valence-corrected chi connectivity index (χ2v) is 7.24. The number of rotatable bonds is 8. The summed E-state index contributed by atoms with van der Waals surface area (Å²) in [5.74, 6) is 1.49. The Hall–Kier alpha value is -1.53. The van der Waals surface area contributed by atoms with Crippen molar-refractivity contribution >= 4 is 29.0 Å². The first-order valence-electron chi connectivity index (χ1n) is 8.30. The highest BCUT2D eigenvalue weighted by Crippen LogP contribution is 2.28. The van der Waals surface area contributed by atoms with E-state index >= 15 is 0 Å². The van der Waals surface area contributed by atoms with Gasteiger partial charge in [-0.1, -0.05) is 56.0 Å². The number of fused-ring (bicyclic) bond motifs is 1. The summed E-state index contributed by atoms with van der Waals surface area (Å²) in [6.07, 6.45) is 8.12. The Morgan fingerprint density at radius 3 is 2.83 bits per heavy atom. The molecule has 0 saturated carbocycles. The first kappa shape index (κ1) is 17.3. The number of unbranched alkanes of at least 4 members (excludes halogenated alkanes) is 4. The molecule has 24 heavy (non-hydrogen) atoms. The van der Waals surface area contributed by atoms with Gasteiger partial charge in [-0.3, -0.25) is 4.40 Å². The minimum Gasteiger partial charge on any atom is -0.410 e. The molecule has 0 saturated heterocycles. The number of imidazole rings is 1. The summed E-state index contributed by atoms with van der Waals surface area (Å²) in [6, 6.07) is 3.70. The number of pyridine rings is 1. The van der Waals surface area contributed by atoms with Crippen LogP contribution in [0.3, 0.4) is 0 Å². The standard InChI is InChI=1S/C17H21ClN4OS/c1-3-4-5-6-7-10-24-17-21-20-16(23-17)15-12(2)19-14-9-8-13(18)11-22(14)15/h8-9,11H,3-7,10H2,1-2H3. The Balaban J connectivity index is 1.69. The molecule has 0 aliphatic heterocycles. The largest absolute Gasteiger partial charge is 0.410 e. The quantitative estimate of drug-likeness (QED) is 0.395. The van der Waals surface area contributed by atoms with Gasteiger partial charge < -0.3 is 4.42 Å². The minimum absolute atomic E-state index is 0.482. The Morgan fingerprint density at radius 1 is 1.17 bits per heavy atom. The Kier molecular flexibility index (Phi) is 5.79. The smallest absolute Gasteiger partial charge is 0.276 e. The van der Waals surface area contributed by atoms with E-state index in [0.717, 1.165) is 22.8 Å². The normalized spacial score (nSPS) is 11.5. The van der Waals surface area contributed by atoms with Crippen LogP contribution in [0.1, 0.15) is 44.7 Å². The van der Waals surface area contributed by atoms with Gasteiger partial charge in [-0.2, -0.15) is 0 Å². The highest BCUT2D eigenvalue weighted by Gasteiger charge is 2.17. The van der Waals surface area contributed by atoms with Crippen molar-refractivity contribution in [3.05, 3.63) is 29.0 Å². The second-order valence-electron chi connectivity index (χ2n) is 5.76. The highest BCUT2D eigenvalue weighted by molar-refractivity contribution is 7.99. The van der Waals surface area contributed by atoms with E-state index in [4.69, 9.17) is 16.0 Å². The topological polar surface area (TPSA) is 56.2 Å². The number of halogens is 1. The van der Waals surface area contributed by atoms with E-state index in [1.165, 1.54) is 32.1 Å². The maximum absolute atomic E-state index is 6.09. The van der Waals surface area contributed by atoms with Gasteiger partial charge in [0.1, 0.15) is 11.3 Å². The second kappa shape index (κ2) is 8.03. The number of hydrogen-bond acceptors (Lipinski definition) is 5. The lowest BCUT2D eigenvalue weighted by Gasteiger charge is -1.99. The van der Waals surface area contributed by atoms with Crippen molar-refractivity contribution < 1.29 is 4.42 Å². The SMILES string of the molecule is CCCCCCCSc1nnc(-c2c(C)nc3ccc(Cl)cn23)o1. The molecule has 0 N–H and O–H groups in total. The summed E-state index contributed by atoms with van der Waals surface area (Å²) in [5, 5.41) is 9.58. The van der Waals surface area contributed by atoms with Crippen LogP contribution in [-0.2, 0) is 0 Å². The van der Waals surface area contributed by atoms with Gasteiger partial charge in [-0.15, -0.1) is 10.2 Å². The number of aryl methyl sites for hydroxylation is 1. The Morgan fingerprint density at radius 2 is 2.00 bits per heavy atom. The maximum Gasteiger partial charge on any atom is 0.276 e. The monoisotopic (exact) mass is 364 g/mol. The fraction of sp³-hybridized carbons (Fsp3) is 0.471. The third kappa shape index (κ3) is 3.92. The highest BCUT2D eigenvalue weighted by atomic mass is 35.5. The number of nitrogens with zero attached hydrogens (tertiary/aromatic N) is 4. The van der Waals surface area contributed by atoms with Crippen LogP contribution in [0.25, 0.3) is 17.2 Å². The molecule has 128 valence electrons. The molecule has 0 bridgehead atoms. The molecule has 3 aromatic rings. The lowest BCUT2D eigenvalue weighted by Crippen LogP contribution is -1.89. The van der Waals surface area contributed by atoms with Crippen LogP contribution in [0.2, 0.25) is 5.02 Å². The van der Waals surface area contributed by atoms with Gasteiger partial charge in [-0.05, 0) is 25.5 Å². The summed E-state index contributed by atoms with van der Waals surface area (Å²) in [5.41, 5.74) is 2.46. The molecule has 0 aliphatic carbocycles. The van der Waals surface area contributed by atoms with Crippen LogP contribution in [-0.4, -0.2) is 25.3 Å². The molecule has 0 aliphatic rings. The van der Waals surface area contributed by atoms with E-state index in [0.29, 0.717) is 16.1 Å². The first-order chi connectivity index (χ1) is 11.7. The van der Waals surface area contributed by atoms with Crippen molar-refractivity contribution in [1.29, 1.82) is 0 Å². The zero-order valence-corrected chi connectivity index (χ0v) is 15.5. The van der Waals surface area contributed by atoms with Gasteiger partial charge in [0.25, 0.3) is 11.1 Å². The third-order valence-corrected chi connectivity index (χ3v) is 4.97. The molecule has 0 spiro atoms. The fourth-order valence-corrected chi connectivity index (χ4v) is 3.54. The minimum atomic E-state index is 0.482. The summed E-state index contributed by atoms with van der Waals surface area (Å²) < 4.78 is 7.71. The van der Waals surface area contributed by atoms with Crippen LogP contribution < -0.4 is 0 Å². The van der Waals surface area contributed by atoms with E-state index in [1.54, 1.807) is 11.8 Å². The van der Waals surface area contributed by atoms with Crippen LogP contribution in [0.4, 0.5) is 0 Å². The Labute approximate surface area is 150 Å². The first-order valence-corrected chi connectivity index (χ1v) is 9.66. The van der Waals surface area contributed by atoms with Gasteiger partial charge in [0.05, 0.1) is 10.7 Å². The fourth-order valence-electron chi connectivity index (χ4n) is 2.62. The van der Waals surface area contributed by atoms with Crippen molar-refractivity contribution in [2.24, 2.45) is 0 Å². The summed E-state index contributed by atoms with van der Waals surface area (Å²) in [4.78, 5) is 4.51. The number of thioether (sulfide) groups is 1. The molecule has 3 aromatic heterocycles. The third-order valence-electron chi connectivity index (χ3n) is 3.84. The molecule has 0 aromatic carbocycles. The summed E-state index contributed by atoms with van der Waals surface area (Å²) in [7, 11) is 0. The van der Waals surface area contributed by atoms with E-state index < -0.39 is 0 Å². The summed E-state index contributed by atoms with van der Waals surface area (Å²) >= 11 is 7.71. The van der Waals surface area contributed by atoms with Crippen LogP contribution in [0, 0.1) is 6.92 Å². The lowest BCUT2D eigenvalue weighted by molar-refractivity contribution is 0.463. The molecular formula is C17H21ClN4OS. The van der Waals surface area contributed by atoms with E-state index in [-0.39, 0.29) is 0 Å². The van der Waals surface area contributed by atoms with Crippen LogP contribution >= 0.6 is 23.4 Å². The van der Waals surface area contributed by atoms with E-state index in [9.17, 15) is 0 Å². The average molecular weight is 365 g/mol. The molecule has 0 fully saturated rings. The lowest BCUT2D eigenvalue weighted by atomic mass is 10.2. The van der Waals surface area contributed by atoms with Crippen molar-refractivity contribution in [1.82, 2.24) is 19.6 Å². The molecule has 0 atom stereocenters. The maximum atomic E-state index is 6.09. The average Bonchev–Trinajstić information content (AvgIpc) is 3.14. The summed E-state index contributed by atoms with van der Waals surface area (Å²) in [6.45, 7) is 4.16. The molecule has 7 heteroatoms. The van der Waals surface area contributed by atoms with Crippen molar-refractivity contribution in [3.8, 4) is 11.6 Å². The number of hydrogen-bond donors (Lipinski definition) is 0. The zero-order chi connectivity index (χ0) is 16.9. The van der Waals surface area contributed by atoms with E-state index in [2.05, 4.69) is 22.1 Å². The van der Waals surface area contributed by atoms with Crippen molar-refractivity contribution in [2.45, 2.75) is 51.2 Å². The predicted molar refractivity (Wildman–Crippen MR) is 97.7 cm³/mol. The van der Waals surface area contributed by atoms with Gasteiger partial charge in [0.15, 0.2) is 0 Å². The molecule has 5 nitrogen and oxygen atoms in total. The molecule has 0 radical (unpaired) electrons. The van der Waals surface area contributed by atoms with E-state index in [1.807, 2.05) is 29.7 Å². The molecule has 3 heterocycles. The zero-order valence-electron chi connectivity index (χ0n) is 14.0. The van der Waals surface area contributed by atoms with Gasteiger partial charge in [0.2, 0.25) is 0 Å².